The summed E-state index contributed by atoms with van der Waals surface area (Å²) < 4.78 is 11.6. The van der Waals surface area contributed by atoms with E-state index in [2.05, 4.69) is 32.1 Å². The third kappa shape index (κ3) is 3.38. The van der Waals surface area contributed by atoms with Gasteiger partial charge in [-0.25, -0.2) is 0 Å². The van der Waals surface area contributed by atoms with E-state index < -0.39 is 0 Å². The molecule has 0 unspecified atom stereocenters. The number of hydrogen-bond acceptors (Lipinski definition) is 5. The van der Waals surface area contributed by atoms with Gasteiger partial charge in [0.2, 0.25) is 0 Å². The van der Waals surface area contributed by atoms with Gasteiger partial charge in [-0.05, 0) is 30.3 Å². The Labute approximate surface area is 169 Å². The van der Waals surface area contributed by atoms with Crippen LogP contribution in [0.1, 0.15) is 5.69 Å². The first-order chi connectivity index (χ1) is 13.8. The van der Waals surface area contributed by atoms with Crippen molar-refractivity contribution < 1.29 is 9.47 Å². The van der Waals surface area contributed by atoms with Crippen LogP contribution in [0.25, 0.3) is 10.9 Å². The number of anilines is 1. The standard InChI is InChI=1S/C21H23ClN4O2/c22-15-4-5-16-17(23-24-18(16)14-15)6-7-25-8-10-26(11-9-25)19-2-1-3-20-21(19)28-13-12-27-20/h1-5,14H,6-13H2,(H,23,24). The van der Waals surface area contributed by atoms with Crippen molar-refractivity contribution in [3.05, 3.63) is 47.1 Å². The van der Waals surface area contributed by atoms with Gasteiger partial charge in [0, 0.05) is 49.6 Å². The number of para-hydroxylation sites is 1. The third-order valence-corrected chi connectivity index (χ3v) is 5.76. The van der Waals surface area contributed by atoms with E-state index in [1.807, 2.05) is 24.3 Å². The van der Waals surface area contributed by atoms with Crippen LogP contribution in [0.2, 0.25) is 5.02 Å². The summed E-state index contributed by atoms with van der Waals surface area (Å²) in [6.45, 7) is 6.26. The quantitative estimate of drug-likeness (QED) is 0.730. The van der Waals surface area contributed by atoms with Crippen molar-refractivity contribution >= 4 is 28.2 Å². The molecule has 7 heteroatoms. The smallest absolute Gasteiger partial charge is 0.184 e. The second-order valence-corrected chi connectivity index (χ2v) is 7.68. The second-order valence-electron chi connectivity index (χ2n) is 7.24. The first-order valence-electron chi connectivity index (χ1n) is 9.76. The number of nitrogens with zero attached hydrogens (tertiary/aromatic N) is 3. The molecule has 6 nitrogen and oxygen atoms in total. The fraction of sp³-hybridized carbons (Fsp3) is 0.381. The summed E-state index contributed by atoms with van der Waals surface area (Å²) in [6.07, 6.45) is 0.930. The molecule has 3 heterocycles. The molecule has 2 aromatic carbocycles. The fourth-order valence-electron chi connectivity index (χ4n) is 4.02. The predicted molar refractivity (Wildman–Crippen MR) is 111 cm³/mol. The van der Waals surface area contributed by atoms with Crippen molar-refractivity contribution in [2.24, 2.45) is 0 Å². The number of fused-ring (bicyclic) bond motifs is 2. The van der Waals surface area contributed by atoms with Crippen LogP contribution in [0.15, 0.2) is 36.4 Å². The topological polar surface area (TPSA) is 53.6 Å². The number of aromatic amines is 1. The second kappa shape index (κ2) is 7.53. The van der Waals surface area contributed by atoms with Gasteiger partial charge in [0.05, 0.1) is 16.9 Å². The SMILES string of the molecule is Clc1ccc2c(CCN3CCN(c4cccc5c4OCCO5)CC3)n[nH]c2c1. The molecule has 0 aliphatic carbocycles. The highest BCUT2D eigenvalue weighted by Gasteiger charge is 2.23. The lowest BCUT2D eigenvalue weighted by Crippen LogP contribution is -2.47. The lowest BCUT2D eigenvalue weighted by molar-refractivity contribution is 0.171. The molecular weight excluding hydrogens is 376 g/mol. The number of halogens is 1. The Balaban J connectivity index is 1.21. The van der Waals surface area contributed by atoms with Crippen LogP contribution in [0.3, 0.4) is 0 Å². The summed E-state index contributed by atoms with van der Waals surface area (Å²) in [5, 5.41) is 9.46. The summed E-state index contributed by atoms with van der Waals surface area (Å²) in [6, 6.07) is 12.1. The highest BCUT2D eigenvalue weighted by atomic mass is 35.5. The number of benzene rings is 2. The molecule has 0 bridgehead atoms. The van der Waals surface area contributed by atoms with Gasteiger partial charge >= 0.3 is 0 Å². The molecule has 0 amide bonds. The van der Waals surface area contributed by atoms with Crippen LogP contribution >= 0.6 is 11.6 Å². The Morgan fingerprint density at radius 2 is 1.89 bits per heavy atom. The molecule has 2 aliphatic rings. The molecule has 1 aromatic heterocycles. The molecule has 28 heavy (non-hydrogen) atoms. The van der Waals surface area contributed by atoms with Crippen molar-refractivity contribution in [3.63, 3.8) is 0 Å². The van der Waals surface area contributed by atoms with Crippen molar-refractivity contribution in [3.8, 4) is 11.5 Å². The van der Waals surface area contributed by atoms with E-state index in [1.165, 1.54) is 0 Å². The Morgan fingerprint density at radius 1 is 1.04 bits per heavy atom. The number of rotatable bonds is 4. The molecule has 2 aliphatic heterocycles. The lowest BCUT2D eigenvalue weighted by atomic mass is 10.1. The molecule has 5 rings (SSSR count). The van der Waals surface area contributed by atoms with E-state index in [0.717, 1.165) is 78.0 Å². The van der Waals surface area contributed by atoms with Gasteiger partial charge in [-0.15, -0.1) is 0 Å². The zero-order chi connectivity index (χ0) is 18.9. The van der Waals surface area contributed by atoms with Gasteiger partial charge in [0.15, 0.2) is 11.5 Å². The van der Waals surface area contributed by atoms with Crippen molar-refractivity contribution in [1.82, 2.24) is 15.1 Å². The van der Waals surface area contributed by atoms with Crippen LogP contribution in [0.4, 0.5) is 5.69 Å². The van der Waals surface area contributed by atoms with Gasteiger partial charge in [-0.1, -0.05) is 17.7 Å². The molecule has 146 valence electrons. The zero-order valence-corrected chi connectivity index (χ0v) is 16.4. The maximum Gasteiger partial charge on any atom is 0.184 e. The summed E-state index contributed by atoms with van der Waals surface area (Å²) in [4.78, 5) is 4.90. The normalized spacial score (nSPS) is 17.2. The van der Waals surface area contributed by atoms with Crippen molar-refractivity contribution in [1.29, 1.82) is 0 Å². The fourth-order valence-corrected chi connectivity index (χ4v) is 4.19. The molecule has 0 spiro atoms. The summed E-state index contributed by atoms with van der Waals surface area (Å²) in [7, 11) is 0. The van der Waals surface area contributed by atoms with Gasteiger partial charge < -0.3 is 14.4 Å². The summed E-state index contributed by atoms with van der Waals surface area (Å²) in [5.74, 6) is 1.75. The zero-order valence-electron chi connectivity index (χ0n) is 15.7. The molecular formula is C21H23ClN4O2. The highest BCUT2D eigenvalue weighted by Crippen LogP contribution is 2.39. The van der Waals surface area contributed by atoms with E-state index in [9.17, 15) is 0 Å². The minimum absolute atomic E-state index is 0.618. The van der Waals surface area contributed by atoms with Crippen LogP contribution in [0, 0.1) is 0 Å². The van der Waals surface area contributed by atoms with Gasteiger partial charge in [-0.3, -0.25) is 10.00 Å². The Bertz CT molecular complexity index is 982. The van der Waals surface area contributed by atoms with E-state index in [0.29, 0.717) is 13.2 Å². The maximum atomic E-state index is 6.06. The number of ether oxygens (including phenoxy) is 2. The molecule has 0 atom stereocenters. The summed E-state index contributed by atoms with van der Waals surface area (Å²) in [5.41, 5.74) is 3.26. The van der Waals surface area contributed by atoms with E-state index in [-0.39, 0.29) is 0 Å². The minimum atomic E-state index is 0.618. The molecule has 0 saturated carbocycles. The average molecular weight is 399 g/mol. The van der Waals surface area contributed by atoms with Gasteiger partial charge in [0.1, 0.15) is 13.2 Å². The first kappa shape index (κ1) is 17.6. The largest absolute Gasteiger partial charge is 0.486 e. The molecule has 1 fully saturated rings. The van der Waals surface area contributed by atoms with Crippen molar-refractivity contribution in [2.75, 3.05) is 50.8 Å². The Kier molecular flexibility index (Phi) is 4.74. The first-order valence-corrected chi connectivity index (χ1v) is 10.1. The number of piperazine rings is 1. The molecule has 0 radical (unpaired) electrons. The maximum absolute atomic E-state index is 6.06. The highest BCUT2D eigenvalue weighted by molar-refractivity contribution is 6.31. The van der Waals surface area contributed by atoms with E-state index in [1.54, 1.807) is 0 Å². The van der Waals surface area contributed by atoms with Crippen LogP contribution < -0.4 is 14.4 Å². The average Bonchev–Trinajstić information content (AvgIpc) is 3.14. The van der Waals surface area contributed by atoms with Crippen molar-refractivity contribution in [2.45, 2.75) is 6.42 Å². The third-order valence-electron chi connectivity index (χ3n) is 5.53. The Morgan fingerprint density at radius 3 is 2.79 bits per heavy atom. The molecule has 1 N–H and O–H groups in total. The summed E-state index contributed by atoms with van der Waals surface area (Å²) >= 11 is 6.06. The minimum Gasteiger partial charge on any atom is -0.486 e. The Hall–Kier alpha value is -2.44. The van der Waals surface area contributed by atoms with E-state index >= 15 is 0 Å². The number of aromatic nitrogens is 2. The number of hydrogen-bond donors (Lipinski definition) is 1. The van der Waals surface area contributed by atoms with Gasteiger partial charge in [0.25, 0.3) is 0 Å². The number of H-pyrrole nitrogens is 1. The molecule has 1 saturated heterocycles. The molecule has 3 aromatic rings. The lowest BCUT2D eigenvalue weighted by Gasteiger charge is -2.37. The van der Waals surface area contributed by atoms with Crippen LogP contribution in [0.5, 0.6) is 11.5 Å². The van der Waals surface area contributed by atoms with Crippen LogP contribution in [-0.4, -0.2) is 61.0 Å². The predicted octanol–water partition coefficient (Wildman–Crippen LogP) is 3.35. The van der Waals surface area contributed by atoms with Gasteiger partial charge in [-0.2, -0.15) is 5.10 Å². The number of nitrogens with one attached hydrogen (secondary N) is 1. The monoisotopic (exact) mass is 398 g/mol. The van der Waals surface area contributed by atoms with E-state index in [4.69, 9.17) is 21.1 Å². The van der Waals surface area contributed by atoms with Crippen LogP contribution in [-0.2, 0) is 6.42 Å².